The van der Waals surface area contributed by atoms with Gasteiger partial charge >= 0.3 is 0 Å². The molecule has 1 heterocycles. The Morgan fingerprint density at radius 2 is 1.79 bits per heavy atom. The SMILES string of the molecule is CCNC(C)CCN1CCN(c2ccccc2)CC1. The minimum absolute atomic E-state index is 0.636. The topological polar surface area (TPSA) is 18.5 Å². The number of anilines is 1. The van der Waals surface area contributed by atoms with Crippen LogP contribution >= 0.6 is 0 Å². The van der Waals surface area contributed by atoms with Gasteiger partial charge in [-0.3, -0.25) is 4.90 Å². The van der Waals surface area contributed by atoms with Crippen LogP contribution in [0, 0.1) is 0 Å². The summed E-state index contributed by atoms with van der Waals surface area (Å²) < 4.78 is 0. The number of rotatable bonds is 6. The van der Waals surface area contributed by atoms with Gasteiger partial charge < -0.3 is 10.2 Å². The number of nitrogens with one attached hydrogen (secondary N) is 1. The quantitative estimate of drug-likeness (QED) is 0.847. The lowest BCUT2D eigenvalue weighted by atomic mass is 10.2. The molecular formula is C16H27N3. The normalized spacial score (nSPS) is 18.5. The summed E-state index contributed by atoms with van der Waals surface area (Å²) in [5.74, 6) is 0. The van der Waals surface area contributed by atoms with Crippen LogP contribution in [0.15, 0.2) is 30.3 Å². The summed E-state index contributed by atoms with van der Waals surface area (Å²) in [5, 5.41) is 3.48. The molecule has 0 bridgehead atoms. The van der Waals surface area contributed by atoms with E-state index < -0.39 is 0 Å². The summed E-state index contributed by atoms with van der Waals surface area (Å²) in [6.45, 7) is 11.4. The van der Waals surface area contributed by atoms with Crippen molar-refractivity contribution >= 4 is 5.69 Å². The largest absolute Gasteiger partial charge is 0.369 e. The average molecular weight is 261 g/mol. The van der Waals surface area contributed by atoms with Crippen LogP contribution in [0.4, 0.5) is 5.69 Å². The second kappa shape index (κ2) is 7.51. The van der Waals surface area contributed by atoms with Crippen LogP contribution in [-0.4, -0.2) is 50.2 Å². The second-order valence-electron chi connectivity index (χ2n) is 5.41. The Morgan fingerprint density at radius 1 is 1.11 bits per heavy atom. The van der Waals surface area contributed by atoms with Crippen molar-refractivity contribution < 1.29 is 0 Å². The number of piperazine rings is 1. The lowest BCUT2D eigenvalue weighted by Gasteiger charge is -2.36. The van der Waals surface area contributed by atoms with Crippen LogP contribution < -0.4 is 10.2 Å². The Morgan fingerprint density at radius 3 is 2.42 bits per heavy atom. The summed E-state index contributed by atoms with van der Waals surface area (Å²) in [4.78, 5) is 5.08. The minimum atomic E-state index is 0.636. The number of hydrogen-bond donors (Lipinski definition) is 1. The molecule has 0 aliphatic carbocycles. The molecule has 0 amide bonds. The van der Waals surface area contributed by atoms with E-state index >= 15 is 0 Å². The molecule has 1 atom stereocenters. The van der Waals surface area contributed by atoms with Crippen LogP contribution in [0.25, 0.3) is 0 Å². The van der Waals surface area contributed by atoms with E-state index in [9.17, 15) is 0 Å². The zero-order valence-electron chi connectivity index (χ0n) is 12.3. The van der Waals surface area contributed by atoms with E-state index in [1.807, 2.05) is 0 Å². The molecule has 2 rings (SSSR count). The molecule has 1 N–H and O–H groups in total. The molecule has 1 aliphatic rings. The second-order valence-corrected chi connectivity index (χ2v) is 5.41. The van der Waals surface area contributed by atoms with Crippen molar-refractivity contribution in [3.8, 4) is 0 Å². The van der Waals surface area contributed by atoms with E-state index in [0.29, 0.717) is 6.04 Å². The lowest BCUT2D eigenvalue weighted by molar-refractivity contribution is 0.245. The van der Waals surface area contributed by atoms with Gasteiger partial charge in [-0.1, -0.05) is 25.1 Å². The summed E-state index contributed by atoms with van der Waals surface area (Å²) in [5.41, 5.74) is 1.36. The van der Waals surface area contributed by atoms with Crippen LogP contribution in [0.1, 0.15) is 20.3 Å². The van der Waals surface area contributed by atoms with Gasteiger partial charge in [-0.15, -0.1) is 0 Å². The van der Waals surface area contributed by atoms with Crippen molar-refractivity contribution in [1.82, 2.24) is 10.2 Å². The molecule has 0 saturated carbocycles. The number of benzene rings is 1. The highest BCUT2D eigenvalue weighted by Gasteiger charge is 2.17. The van der Waals surface area contributed by atoms with Gasteiger partial charge in [-0.05, 0) is 38.6 Å². The van der Waals surface area contributed by atoms with Crippen molar-refractivity contribution in [3.63, 3.8) is 0 Å². The number of nitrogens with zero attached hydrogens (tertiary/aromatic N) is 2. The molecule has 3 heteroatoms. The van der Waals surface area contributed by atoms with Crippen molar-refractivity contribution in [1.29, 1.82) is 0 Å². The Hall–Kier alpha value is -1.06. The Kier molecular flexibility index (Phi) is 5.67. The van der Waals surface area contributed by atoms with E-state index in [1.54, 1.807) is 0 Å². The van der Waals surface area contributed by atoms with Gasteiger partial charge in [0.2, 0.25) is 0 Å². The van der Waals surface area contributed by atoms with Crippen molar-refractivity contribution in [2.75, 3.05) is 44.2 Å². The highest BCUT2D eigenvalue weighted by atomic mass is 15.3. The summed E-state index contributed by atoms with van der Waals surface area (Å²) in [6, 6.07) is 11.4. The predicted octanol–water partition coefficient (Wildman–Crippen LogP) is 2.20. The highest BCUT2D eigenvalue weighted by molar-refractivity contribution is 5.46. The first-order chi connectivity index (χ1) is 9.29. The van der Waals surface area contributed by atoms with Crippen LogP contribution in [-0.2, 0) is 0 Å². The monoisotopic (exact) mass is 261 g/mol. The van der Waals surface area contributed by atoms with E-state index in [2.05, 4.69) is 59.3 Å². The summed E-state index contributed by atoms with van der Waals surface area (Å²) >= 11 is 0. The summed E-state index contributed by atoms with van der Waals surface area (Å²) in [7, 11) is 0. The van der Waals surface area contributed by atoms with E-state index in [-0.39, 0.29) is 0 Å². The fourth-order valence-electron chi connectivity index (χ4n) is 2.70. The van der Waals surface area contributed by atoms with Crippen molar-refractivity contribution in [2.24, 2.45) is 0 Å². The molecule has 1 unspecified atom stereocenters. The maximum absolute atomic E-state index is 3.48. The van der Waals surface area contributed by atoms with Crippen LogP contribution in [0.2, 0.25) is 0 Å². The molecule has 1 aliphatic heterocycles. The third-order valence-corrected chi connectivity index (χ3v) is 3.92. The first-order valence-electron chi connectivity index (χ1n) is 7.55. The van der Waals surface area contributed by atoms with Gasteiger partial charge in [-0.25, -0.2) is 0 Å². The Bertz CT molecular complexity index is 344. The molecule has 0 radical (unpaired) electrons. The van der Waals surface area contributed by atoms with E-state index in [0.717, 1.165) is 19.6 Å². The predicted molar refractivity (Wildman–Crippen MR) is 82.9 cm³/mol. The van der Waals surface area contributed by atoms with Crippen LogP contribution in [0.5, 0.6) is 0 Å². The molecule has 3 nitrogen and oxygen atoms in total. The van der Waals surface area contributed by atoms with Gasteiger partial charge in [-0.2, -0.15) is 0 Å². The summed E-state index contributed by atoms with van der Waals surface area (Å²) in [6.07, 6.45) is 1.25. The zero-order chi connectivity index (χ0) is 13.5. The Balaban J connectivity index is 1.71. The van der Waals surface area contributed by atoms with Gasteiger partial charge in [0.1, 0.15) is 0 Å². The molecule has 1 aromatic rings. The fourth-order valence-corrected chi connectivity index (χ4v) is 2.70. The highest BCUT2D eigenvalue weighted by Crippen LogP contribution is 2.15. The van der Waals surface area contributed by atoms with Gasteiger partial charge in [0.25, 0.3) is 0 Å². The maximum atomic E-state index is 3.48. The van der Waals surface area contributed by atoms with Gasteiger partial charge in [0.15, 0.2) is 0 Å². The van der Waals surface area contributed by atoms with Crippen molar-refractivity contribution in [3.05, 3.63) is 30.3 Å². The molecule has 1 saturated heterocycles. The fraction of sp³-hybridized carbons (Fsp3) is 0.625. The maximum Gasteiger partial charge on any atom is 0.0367 e. The minimum Gasteiger partial charge on any atom is -0.369 e. The molecule has 0 spiro atoms. The van der Waals surface area contributed by atoms with E-state index in [4.69, 9.17) is 0 Å². The molecule has 19 heavy (non-hydrogen) atoms. The smallest absolute Gasteiger partial charge is 0.0367 e. The van der Waals surface area contributed by atoms with Crippen LogP contribution in [0.3, 0.4) is 0 Å². The first-order valence-corrected chi connectivity index (χ1v) is 7.55. The molecule has 1 aromatic carbocycles. The number of hydrogen-bond acceptors (Lipinski definition) is 3. The van der Waals surface area contributed by atoms with Gasteiger partial charge in [0, 0.05) is 37.9 Å². The van der Waals surface area contributed by atoms with E-state index in [1.165, 1.54) is 31.7 Å². The van der Waals surface area contributed by atoms with Gasteiger partial charge in [0.05, 0.1) is 0 Å². The molecule has 106 valence electrons. The van der Waals surface area contributed by atoms with Crippen molar-refractivity contribution in [2.45, 2.75) is 26.3 Å². The lowest BCUT2D eigenvalue weighted by Crippen LogP contribution is -2.47. The third-order valence-electron chi connectivity index (χ3n) is 3.92. The average Bonchev–Trinajstić information content (AvgIpc) is 2.47. The molecular weight excluding hydrogens is 234 g/mol. The number of para-hydroxylation sites is 1. The first kappa shape index (κ1) is 14.4. The zero-order valence-corrected chi connectivity index (χ0v) is 12.3. The Labute approximate surface area is 117 Å². The third kappa shape index (κ3) is 4.51. The standard InChI is InChI=1S/C16H27N3/c1-3-17-15(2)9-10-18-11-13-19(14-12-18)16-7-5-4-6-8-16/h4-8,15,17H,3,9-14H2,1-2H3. The molecule has 0 aromatic heterocycles. The molecule has 1 fully saturated rings.